The van der Waals surface area contributed by atoms with Crippen molar-refractivity contribution < 1.29 is 13.9 Å². The number of halogens is 1. The van der Waals surface area contributed by atoms with E-state index >= 15 is 0 Å². The zero-order chi connectivity index (χ0) is 16.5. The average molecular weight is 325 g/mol. The minimum atomic E-state index is -0.289. The Kier molecular flexibility index (Phi) is 3.74. The summed E-state index contributed by atoms with van der Waals surface area (Å²) in [5.41, 5.74) is 3.22. The number of nitrogens with zero attached hydrogens (tertiary/aromatic N) is 2. The third kappa shape index (κ3) is 2.76. The molecule has 0 saturated heterocycles. The largest absolute Gasteiger partial charge is 0.372 e. The maximum absolute atomic E-state index is 12.9. The maximum Gasteiger partial charge on any atom is 0.251 e. The molecule has 1 N–H and O–H groups in total. The van der Waals surface area contributed by atoms with E-state index < -0.39 is 0 Å². The van der Waals surface area contributed by atoms with Crippen LogP contribution in [-0.4, -0.2) is 22.1 Å². The summed E-state index contributed by atoms with van der Waals surface area (Å²) in [5.74, 6) is 0.423. The van der Waals surface area contributed by atoms with Gasteiger partial charge in [0.15, 0.2) is 0 Å². The van der Waals surface area contributed by atoms with E-state index in [1.807, 2.05) is 6.07 Å². The van der Waals surface area contributed by atoms with Crippen LogP contribution in [0.15, 0.2) is 42.5 Å². The Labute approximate surface area is 138 Å². The topological polar surface area (TPSA) is 56.2 Å². The third-order valence-electron chi connectivity index (χ3n) is 4.15. The molecule has 0 fully saturated rings. The Balaban J connectivity index is 1.52. The van der Waals surface area contributed by atoms with Crippen LogP contribution in [0.25, 0.3) is 11.0 Å². The molecule has 3 aromatic rings. The van der Waals surface area contributed by atoms with E-state index in [1.54, 1.807) is 24.3 Å². The number of aromatic nitrogens is 2. The van der Waals surface area contributed by atoms with E-state index in [2.05, 4.69) is 14.9 Å². The fourth-order valence-corrected chi connectivity index (χ4v) is 2.89. The molecule has 122 valence electrons. The Morgan fingerprint density at radius 1 is 1.25 bits per heavy atom. The van der Waals surface area contributed by atoms with Crippen molar-refractivity contribution in [3.8, 4) is 0 Å². The van der Waals surface area contributed by atoms with Gasteiger partial charge >= 0.3 is 0 Å². The monoisotopic (exact) mass is 325 g/mol. The number of carbonyl (C=O) groups excluding carboxylic acids is 1. The molecule has 0 spiro atoms. The van der Waals surface area contributed by atoms with Crippen molar-refractivity contribution in [1.82, 2.24) is 14.9 Å². The lowest BCUT2D eigenvalue weighted by molar-refractivity contribution is 0.0830. The summed E-state index contributed by atoms with van der Waals surface area (Å²) in [5, 5.41) is 2.84. The number of fused-ring (bicyclic) bond motifs is 3. The van der Waals surface area contributed by atoms with E-state index in [1.165, 1.54) is 12.1 Å². The fraction of sp³-hybridized carbons (Fsp3) is 0.222. The predicted octanol–water partition coefficient (Wildman–Crippen LogP) is 2.64. The zero-order valence-corrected chi connectivity index (χ0v) is 13.0. The molecule has 0 radical (unpaired) electrons. The first-order valence-electron chi connectivity index (χ1n) is 7.80. The van der Waals surface area contributed by atoms with Gasteiger partial charge in [0.2, 0.25) is 0 Å². The highest BCUT2D eigenvalue weighted by molar-refractivity contribution is 5.97. The first-order valence-corrected chi connectivity index (χ1v) is 7.80. The molecule has 0 saturated carbocycles. The third-order valence-corrected chi connectivity index (χ3v) is 4.15. The van der Waals surface area contributed by atoms with Crippen LogP contribution in [0.1, 0.15) is 21.7 Å². The normalized spacial score (nSPS) is 13.7. The molecular weight excluding hydrogens is 309 g/mol. The lowest BCUT2D eigenvalue weighted by Crippen LogP contribution is -2.22. The molecule has 6 heteroatoms. The molecular formula is C18H16FN3O2. The van der Waals surface area contributed by atoms with E-state index in [0.717, 1.165) is 29.0 Å². The second-order valence-corrected chi connectivity index (χ2v) is 5.74. The number of carbonyl (C=O) groups is 1. The van der Waals surface area contributed by atoms with Gasteiger partial charge in [-0.05, 0) is 35.9 Å². The second-order valence-electron chi connectivity index (χ2n) is 5.74. The van der Waals surface area contributed by atoms with Gasteiger partial charge < -0.3 is 14.6 Å². The number of ether oxygens (including phenoxy) is 1. The molecule has 0 bridgehead atoms. The quantitative estimate of drug-likeness (QED) is 0.805. The Morgan fingerprint density at radius 3 is 2.92 bits per heavy atom. The Bertz CT molecular complexity index is 903. The molecule has 0 atom stereocenters. The van der Waals surface area contributed by atoms with Gasteiger partial charge in [-0.25, -0.2) is 9.37 Å². The molecule has 1 aliphatic heterocycles. The van der Waals surface area contributed by atoms with Crippen LogP contribution in [0.2, 0.25) is 0 Å². The molecule has 24 heavy (non-hydrogen) atoms. The van der Waals surface area contributed by atoms with Gasteiger partial charge in [-0.3, -0.25) is 4.79 Å². The van der Waals surface area contributed by atoms with E-state index in [4.69, 9.17) is 4.74 Å². The van der Waals surface area contributed by atoms with E-state index in [-0.39, 0.29) is 11.7 Å². The van der Waals surface area contributed by atoms with Crippen molar-refractivity contribution >= 4 is 16.9 Å². The zero-order valence-electron chi connectivity index (χ0n) is 13.0. The van der Waals surface area contributed by atoms with Crippen LogP contribution < -0.4 is 5.32 Å². The van der Waals surface area contributed by atoms with Crippen molar-refractivity contribution in [3.05, 3.63) is 65.2 Å². The molecule has 1 amide bonds. The van der Waals surface area contributed by atoms with Gasteiger partial charge in [0.25, 0.3) is 5.91 Å². The molecule has 4 rings (SSSR count). The van der Waals surface area contributed by atoms with Crippen molar-refractivity contribution in [2.45, 2.75) is 19.7 Å². The predicted molar refractivity (Wildman–Crippen MR) is 87.0 cm³/mol. The summed E-state index contributed by atoms with van der Waals surface area (Å²) in [6.45, 7) is 2.31. The summed E-state index contributed by atoms with van der Waals surface area (Å²) >= 11 is 0. The maximum atomic E-state index is 12.9. The highest BCUT2D eigenvalue weighted by atomic mass is 19.1. The molecule has 2 aromatic carbocycles. The van der Waals surface area contributed by atoms with Crippen molar-refractivity contribution in [2.75, 3.05) is 6.61 Å². The smallest absolute Gasteiger partial charge is 0.251 e. The number of benzene rings is 2. The van der Waals surface area contributed by atoms with Crippen molar-refractivity contribution in [2.24, 2.45) is 0 Å². The SMILES string of the molecule is O=C(NCc1ccc(F)cc1)c1ccc2c(c1)nc1n2CCOC1. The van der Waals surface area contributed by atoms with Crippen molar-refractivity contribution in [3.63, 3.8) is 0 Å². The summed E-state index contributed by atoms with van der Waals surface area (Å²) in [6, 6.07) is 11.6. The molecule has 0 aliphatic carbocycles. The van der Waals surface area contributed by atoms with Crippen LogP contribution in [0, 0.1) is 5.82 Å². The number of hydrogen-bond donors (Lipinski definition) is 1. The van der Waals surface area contributed by atoms with E-state index in [0.29, 0.717) is 25.3 Å². The van der Waals surface area contributed by atoms with Crippen LogP contribution in [0.4, 0.5) is 4.39 Å². The van der Waals surface area contributed by atoms with Crippen LogP contribution in [-0.2, 0) is 24.4 Å². The van der Waals surface area contributed by atoms with E-state index in [9.17, 15) is 9.18 Å². The second kappa shape index (κ2) is 6.05. The molecule has 1 aliphatic rings. The first kappa shape index (κ1) is 14.8. The average Bonchev–Trinajstić information content (AvgIpc) is 2.98. The Hall–Kier alpha value is -2.73. The number of hydrogen-bond acceptors (Lipinski definition) is 3. The van der Waals surface area contributed by atoms with Gasteiger partial charge in [-0.2, -0.15) is 0 Å². The number of nitrogens with one attached hydrogen (secondary N) is 1. The van der Waals surface area contributed by atoms with Gasteiger partial charge in [0.05, 0.1) is 17.6 Å². The van der Waals surface area contributed by atoms with Crippen LogP contribution >= 0.6 is 0 Å². The van der Waals surface area contributed by atoms with Gasteiger partial charge in [0.1, 0.15) is 18.2 Å². The summed E-state index contributed by atoms with van der Waals surface area (Å²) in [4.78, 5) is 16.9. The van der Waals surface area contributed by atoms with Crippen LogP contribution in [0.5, 0.6) is 0 Å². The summed E-state index contributed by atoms with van der Waals surface area (Å²) in [6.07, 6.45) is 0. The summed E-state index contributed by atoms with van der Waals surface area (Å²) in [7, 11) is 0. The highest BCUT2D eigenvalue weighted by Crippen LogP contribution is 2.21. The fourth-order valence-electron chi connectivity index (χ4n) is 2.89. The first-order chi connectivity index (χ1) is 11.7. The standard InChI is InChI=1S/C18H16FN3O2/c19-14-4-1-12(2-5-14)10-20-18(23)13-3-6-16-15(9-13)21-17-11-24-8-7-22(16)17/h1-6,9H,7-8,10-11H2,(H,20,23). The lowest BCUT2D eigenvalue weighted by atomic mass is 10.1. The molecule has 0 unspecified atom stereocenters. The number of imidazole rings is 1. The van der Waals surface area contributed by atoms with Gasteiger partial charge in [-0.15, -0.1) is 0 Å². The molecule has 2 heterocycles. The van der Waals surface area contributed by atoms with Crippen molar-refractivity contribution in [1.29, 1.82) is 0 Å². The summed E-state index contributed by atoms with van der Waals surface area (Å²) < 4.78 is 20.4. The Morgan fingerprint density at radius 2 is 2.08 bits per heavy atom. The number of rotatable bonds is 3. The van der Waals surface area contributed by atoms with Gasteiger partial charge in [0, 0.05) is 18.7 Å². The molecule has 1 aromatic heterocycles. The number of amides is 1. The minimum Gasteiger partial charge on any atom is -0.372 e. The van der Waals surface area contributed by atoms with Crippen LogP contribution in [0.3, 0.4) is 0 Å². The molecule has 5 nitrogen and oxygen atoms in total. The van der Waals surface area contributed by atoms with Gasteiger partial charge in [-0.1, -0.05) is 12.1 Å². The minimum absolute atomic E-state index is 0.177. The highest BCUT2D eigenvalue weighted by Gasteiger charge is 2.16. The lowest BCUT2D eigenvalue weighted by Gasteiger charge is -2.14.